The van der Waals surface area contributed by atoms with Gasteiger partial charge in [0, 0.05) is 11.8 Å². The maximum absolute atomic E-state index is 12.3. The van der Waals surface area contributed by atoms with Crippen molar-refractivity contribution in [2.24, 2.45) is 0 Å². The van der Waals surface area contributed by atoms with E-state index in [1.807, 2.05) is 0 Å². The van der Waals surface area contributed by atoms with Gasteiger partial charge in [-0.1, -0.05) is 30.3 Å². The van der Waals surface area contributed by atoms with Crippen LogP contribution in [0, 0.1) is 0 Å². The Balaban J connectivity index is 2.42. The van der Waals surface area contributed by atoms with E-state index in [-0.39, 0.29) is 12.2 Å². The van der Waals surface area contributed by atoms with Crippen LogP contribution in [-0.2, 0) is 11.2 Å². The molecule has 0 heterocycles. The summed E-state index contributed by atoms with van der Waals surface area (Å²) in [6.45, 7) is -2.88. The van der Waals surface area contributed by atoms with Crippen LogP contribution in [0.4, 0.5) is 8.78 Å². The quantitative estimate of drug-likeness (QED) is 0.901. The third kappa shape index (κ3) is 3.19. The summed E-state index contributed by atoms with van der Waals surface area (Å²) in [5.74, 6) is -0.790. The van der Waals surface area contributed by atoms with Gasteiger partial charge in [0.25, 0.3) is 0 Å². The SMILES string of the molecule is O=C(O)CCc1ccc(OC(F)F)c2ccccc12. The molecule has 0 aliphatic carbocycles. The minimum Gasteiger partial charge on any atom is -0.481 e. The van der Waals surface area contributed by atoms with Gasteiger partial charge in [0.05, 0.1) is 0 Å². The van der Waals surface area contributed by atoms with Crippen LogP contribution in [-0.4, -0.2) is 17.7 Å². The van der Waals surface area contributed by atoms with Gasteiger partial charge in [0.1, 0.15) is 5.75 Å². The Labute approximate surface area is 108 Å². The fraction of sp³-hybridized carbons (Fsp3) is 0.214. The maximum Gasteiger partial charge on any atom is 0.387 e. The minimum absolute atomic E-state index is 0.000947. The van der Waals surface area contributed by atoms with Crippen molar-refractivity contribution < 1.29 is 23.4 Å². The minimum atomic E-state index is -2.88. The van der Waals surface area contributed by atoms with Gasteiger partial charge >= 0.3 is 12.6 Å². The summed E-state index contributed by atoms with van der Waals surface area (Å²) in [5, 5.41) is 10.00. The van der Waals surface area contributed by atoms with Gasteiger partial charge < -0.3 is 9.84 Å². The van der Waals surface area contributed by atoms with Crippen molar-refractivity contribution in [3.63, 3.8) is 0 Å². The molecule has 2 aromatic rings. The van der Waals surface area contributed by atoms with Crippen LogP contribution in [0.5, 0.6) is 5.75 Å². The van der Waals surface area contributed by atoms with E-state index in [2.05, 4.69) is 4.74 Å². The molecule has 0 aromatic heterocycles. The first-order valence-corrected chi connectivity index (χ1v) is 5.75. The van der Waals surface area contributed by atoms with Crippen molar-refractivity contribution in [3.05, 3.63) is 42.0 Å². The van der Waals surface area contributed by atoms with E-state index in [0.29, 0.717) is 11.8 Å². The molecule has 1 N–H and O–H groups in total. The third-order valence-corrected chi connectivity index (χ3v) is 2.80. The van der Waals surface area contributed by atoms with E-state index in [0.717, 1.165) is 10.9 Å². The lowest BCUT2D eigenvalue weighted by Gasteiger charge is -2.11. The Morgan fingerprint density at radius 1 is 1.16 bits per heavy atom. The summed E-state index contributed by atoms with van der Waals surface area (Å²) in [4.78, 5) is 10.6. The Kier molecular flexibility index (Phi) is 3.94. The number of alkyl halides is 2. The van der Waals surface area contributed by atoms with Crippen molar-refractivity contribution in [1.82, 2.24) is 0 Å². The van der Waals surface area contributed by atoms with E-state index < -0.39 is 12.6 Å². The number of ether oxygens (including phenoxy) is 1. The van der Waals surface area contributed by atoms with E-state index in [1.54, 1.807) is 30.3 Å². The summed E-state index contributed by atoms with van der Waals surface area (Å²) < 4.78 is 29.1. The molecule has 0 saturated carbocycles. The molecule has 0 radical (unpaired) electrons. The van der Waals surface area contributed by atoms with Gasteiger partial charge in [0.2, 0.25) is 0 Å². The highest BCUT2D eigenvalue weighted by atomic mass is 19.3. The fourth-order valence-electron chi connectivity index (χ4n) is 1.99. The third-order valence-electron chi connectivity index (χ3n) is 2.80. The number of halogens is 2. The van der Waals surface area contributed by atoms with E-state index in [4.69, 9.17) is 5.11 Å². The zero-order chi connectivity index (χ0) is 13.8. The Morgan fingerprint density at radius 3 is 2.47 bits per heavy atom. The molecule has 0 unspecified atom stereocenters. The maximum atomic E-state index is 12.3. The normalized spacial score (nSPS) is 10.9. The number of rotatable bonds is 5. The monoisotopic (exact) mass is 266 g/mol. The van der Waals surface area contributed by atoms with Gasteiger partial charge in [-0.05, 0) is 23.4 Å². The number of carboxylic acids is 1. The van der Waals surface area contributed by atoms with Crippen LogP contribution in [0.3, 0.4) is 0 Å². The van der Waals surface area contributed by atoms with Crippen LogP contribution < -0.4 is 4.74 Å². The van der Waals surface area contributed by atoms with Crippen molar-refractivity contribution in [1.29, 1.82) is 0 Å². The summed E-state index contributed by atoms with van der Waals surface area (Å²) in [7, 11) is 0. The zero-order valence-corrected chi connectivity index (χ0v) is 9.98. The summed E-state index contributed by atoms with van der Waals surface area (Å²) in [6, 6.07) is 10.0. The fourth-order valence-corrected chi connectivity index (χ4v) is 1.99. The Hall–Kier alpha value is -2.17. The lowest BCUT2D eigenvalue weighted by atomic mass is 10.0. The number of aliphatic carboxylic acids is 1. The number of benzene rings is 2. The first-order chi connectivity index (χ1) is 9.08. The molecular formula is C14H12F2O3. The zero-order valence-electron chi connectivity index (χ0n) is 9.98. The van der Waals surface area contributed by atoms with E-state index in [9.17, 15) is 13.6 Å². The van der Waals surface area contributed by atoms with Crippen molar-refractivity contribution in [3.8, 4) is 5.75 Å². The molecule has 0 fully saturated rings. The molecule has 2 rings (SSSR count). The molecule has 19 heavy (non-hydrogen) atoms. The standard InChI is InChI=1S/C14H12F2O3/c15-14(16)19-12-7-5-9(6-8-13(17)18)10-3-1-2-4-11(10)12/h1-5,7,14H,6,8H2,(H,17,18). The number of aryl methyl sites for hydroxylation is 1. The first-order valence-electron chi connectivity index (χ1n) is 5.75. The van der Waals surface area contributed by atoms with Crippen LogP contribution in [0.15, 0.2) is 36.4 Å². The molecule has 3 nitrogen and oxygen atoms in total. The highest BCUT2D eigenvalue weighted by Gasteiger charge is 2.11. The van der Waals surface area contributed by atoms with E-state index >= 15 is 0 Å². The Morgan fingerprint density at radius 2 is 1.84 bits per heavy atom. The van der Waals surface area contributed by atoms with Gasteiger partial charge in [-0.25, -0.2) is 0 Å². The van der Waals surface area contributed by atoms with Crippen molar-refractivity contribution in [2.45, 2.75) is 19.5 Å². The molecule has 100 valence electrons. The second kappa shape index (κ2) is 5.65. The summed E-state index contributed by atoms with van der Waals surface area (Å²) in [6.07, 6.45) is 0.351. The molecular weight excluding hydrogens is 254 g/mol. The highest BCUT2D eigenvalue weighted by molar-refractivity contribution is 5.91. The number of fused-ring (bicyclic) bond motifs is 1. The van der Waals surface area contributed by atoms with Gasteiger partial charge in [-0.3, -0.25) is 4.79 Å². The number of carboxylic acid groups (broad SMARTS) is 1. The Bertz CT molecular complexity index is 596. The second-order valence-corrected chi connectivity index (χ2v) is 4.04. The summed E-state index contributed by atoms with van der Waals surface area (Å²) >= 11 is 0. The largest absolute Gasteiger partial charge is 0.481 e. The summed E-state index contributed by atoms with van der Waals surface area (Å²) in [5.41, 5.74) is 0.805. The van der Waals surface area contributed by atoms with Gasteiger partial charge in [-0.2, -0.15) is 8.78 Å². The topological polar surface area (TPSA) is 46.5 Å². The molecule has 0 atom stereocenters. The van der Waals surface area contributed by atoms with Gasteiger partial charge in [-0.15, -0.1) is 0 Å². The van der Waals surface area contributed by atoms with Gasteiger partial charge in [0.15, 0.2) is 0 Å². The number of hydrogen-bond acceptors (Lipinski definition) is 2. The molecule has 0 saturated heterocycles. The number of carbonyl (C=O) groups is 1. The second-order valence-electron chi connectivity index (χ2n) is 4.04. The molecule has 0 spiro atoms. The van der Waals surface area contributed by atoms with Crippen LogP contribution in [0.1, 0.15) is 12.0 Å². The average Bonchev–Trinajstić information content (AvgIpc) is 2.37. The van der Waals surface area contributed by atoms with Crippen LogP contribution in [0.25, 0.3) is 10.8 Å². The lowest BCUT2D eigenvalue weighted by Crippen LogP contribution is -2.03. The number of hydrogen-bond donors (Lipinski definition) is 1. The smallest absolute Gasteiger partial charge is 0.387 e. The molecule has 0 aliphatic rings. The van der Waals surface area contributed by atoms with E-state index in [1.165, 1.54) is 6.07 Å². The first kappa shape index (κ1) is 13.3. The molecule has 0 aliphatic heterocycles. The lowest BCUT2D eigenvalue weighted by molar-refractivity contribution is -0.136. The van der Waals surface area contributed by atoms with Crippen LogP contribution >= 0.6 is 0 Å². The molecule has 0 amide bonds. The molecule has 0 bridgehead atoms. The predicted octanol–water partition coefficient (Wildman–Crippen LogP) is 3.46. The average molecular weight is 266 g/mol. The highest BCUT2D eigenvalue weighted by Crippen LogP contribution is 2.30. The molecule has 2 aromatic carbocycles. The van der Waals surface area contributed by atoms with Crippen LogP contribution in [0.2, 0.25) is 0 Å². The predicted molar refractivity (Wildman–Crippen MR) is 66.5 cm³/mol. The molecule has 5 heteroatoms. The van der Waals surface area contributed by atoms with Crippen molar-refractivity contribution >= 4 is 16.7 Å². The van der Waals surface area contributed by atoms with Crippen molar-refractivity contribution in [2.75, 3.05) is 0 Å².